The maximum absolute atomic E-state index is 10.5. The predicted octanol–water partition coefficient (Wildman–Crippen LogP) is 3.98. The monoisotopic (exact) mass is 270 g/mol. The largest absolute Gasteiger partial charge is 0.493 e. The zero-order valence-corrected chi connectivity index (χ0v) is 12.4. The number of aryl methyl sites for hydroxylation is 2. The van der Waals surface area contributed by atoms with E-state index in [2.05, 4.69) is 31.2 Å². The average Bonchev–Trinajstić information content (AvgIpc) is 2.43. The Morgan fingerprint density at radius 3 is 2.30 bits per heavy atom. The molecule has 2 nitrogen and oxygen atoms in total. The minimum Gasteiger partial charge on any atom is -0.493 e. The standard InChI is InChI=1S/C18H22O2/c1-4-20-18-10-7-14(3)11-16(18)17(19)12-15-8-5-13(2)6-9-15/h5-11,17,19H,4,12H2,1-3H3. The zero-order valence-electron chi connectivity index (χ0n) is 12.4. The number of ether oxygens (including phenoxy) is 1. The minimum atomic E-state index is -0.542. The predicted molar refractivity (Wildman–Crippen MR) is 82.2 cm³/mol. The number of hydrogen-bond donors (Lipinski definition) is 1. The summed E-state index contributed by atoms with van der Waals surface area (Å²) in [5.41, 5.74) is 4.36. The first-order valence-electron chi connectivity index (χ1n) is 7.07. The molecule has 0 amide bonds. The van der Waals surface area contributed by atoms with E-state index in [1.165, 1.54) is 5.56 Å². The van der Waals surface area contributed by atoms with Gasteiger partial charge < -0.3 is 9.84 Å². The van der Waals surface area contributed by atoms with Gasteiger partial charge in [0.25, 0.3) is 0 Å². The molecular formula is C18H22O2. The van der Waals surface area contributed by atoms with Crippen molar-refractivity contribution >= 4 is 0 Å². The molecule has 0 radical (unpaired) electrons. The lowest BCUT2D eigenvalue weighted by molar-refractivity contribution is 0.172. The molecule has 1 N–H and O–H groups in total. The smallest absolute Gasteiger partial charge is 0.125 e. The molecule has 2 rings (SSSR count). The Hall–Kier alpha value is -1.80. The Kier molecular flexibility index (Phi) is 4.80. The van der Waals surface area contributed by atoms with Crippen LogP contribution < -0.4 is 4.74 Å². The summed E-state index contributed by atoms with van der Waals surface area (Å²) < 4.78 is 5.61. The normalized spacial score (nSPS) is 12.2. The average molecular weight is 270 g/mol. The summed E-state index contributed by atoms with van der Waals surface area (Å²) in [6, 6.07) is 14.2. The number of rotatable bonds is 5. The molecule has 2 aromatic rings. The summed E-state index contributed by atoms with van der Waals surface area (Å²) in [5, 5.41) is 10.5. The second-order valence-corrected chi connectivity index (χ2v) is 5.18. The van der Waals surface area contributed by atoms with Crippen LogP contribution in [0.1, 0.15) is 35.3 Å². The number of hydrogen-bond acceptors (Lipinski definition) is 2. The van der Waals surface area contributed by atoms with Crippen molar-refractivity contribution in [3.05, 3.63) is 64.7 Å². The van der Waals surface area contributed by atoms with Gasteiger partial charge in [0.1, 0.15) is 5.75 Å². The Morgan fingerprint density at radius 2 is 1.65 bits per heavy atom. The summed E-state index contributed by atoms with van der Waals surface area (Å²) in [6.45, 7) is 6.65. The van der Waals surface area contributed by atoms with Gasteiger partial charge in [0.05, 0.1) is 12.7 Å². The summed E-state index contributed by atoms with van der Waals surface area (Å²) in [6.07, 6.45) is 0.0586. The van der Waals surface area contributed by atoms with Crippen molar-refractivity contribution in [3.8, 4) is 5.75 Å². The third kappa shape index (κ3) is 3.61. The lowest BCUT2D eigenvalue weighted by Gasteiger charge is -2.16. The van der Waals surface area contributed by atoms with E-state index in [0.717, 1.165) is 22.4 Å². The molecule has 1 atom stereocenters. The van der Waals surface area contributed by atoms with E-state index in [-0.39, 0.29) is 0 Å². The molecule has 2 heteroatoms. The molecule has 2 aromatic carbocycles. The highest BCUT2D eigenvalue weighted by atomic mass is 16.5. The summed E-state index contributed by atoms with van der Waals surface area (Å²) in [5.74, 6) is 0.776. The molecule has 0 bridgehead atoms. The van der Waals surface area contributed by atoms with Crippen LogP contribution in [0, 0.1) is 13.8 Å². The molecule has 1 unspecified atom stereocenters. The van der Waals surface area contributed by atoms with Gasteiger partial charge in [-0.15, -0.1) is 0 Å². The fraction of sp³-hybridized carbons (Fsp3) is 0.333. The zero-order chi connectivity index (χ0) is 14.5. The van der Waals surface area contributed by atoms with Gasteiger partial charge >= 0.3 is 0 Å². The van der Waals surface area contributed by atoms with Crippen LogP contribution >= 0.6 is 0 Å². The lowest BCUT2D eigenvalue weighted by Crippen LogP contribution is -2.06. The van der Waals surface area contributed by atoms with Gasteiger partial charge in [-0.2, -0.15) is 0 Å². The van der Waals surface area contributed by atoms with Gasteiger partial charge in [0.2, 0.25) is 0 Å². The first-order valence-corrected chi connectivity index (χ1v) is 7.07. The Morgan fingerprint density at radius 1 is 1.00 bits per heavy atom. The molecule has 0 spiro atoms. The van der Waals surface area contributed by atoms with E-state index in [1.807, 2.05) is 32.0 Å². The fourth-order valence-corrected chi connectivity index (χ4v) is 2.27. The van der Waals surface area contributed by atoms with Crippen LogP contribution in [0.3, 0.4) is 0 Å². The Balaban J connectivity index is 2.21. The van der Waals surface area contributed by atoms with Crippen LogP contribution in [0.25, 0.3) is 0 Å². The molecule has 0 fully saturated rings. The van der Waals surface area contributed by atoms with Gasteiger partial charge in [-0.1, -0.05) is 41.5 Å². The highest BCUT2D eigenvalue weighted by Crippen LogP contribution is 2.29. The van der Waals surface area contributed by atoms with Gasteiger partial charge in [-0.25, -0.2) is 0 Å². The molecule has 0 saturated heterocycles. The van der Waals surface area contributed by atoms with Crippen LogP contribution in [0.15, 0.2) is 42.5 Å². The number of aliphatic hydroxyl groups is 1. The van der Waals surface area contributed by atoms with Crippen molar-refractivity contribution in [2.45, 2.75) is 33.3 Å². The van der Waals surface area contributed by atoms with Crippen molar-refractivity contribution in [2.75, 3.05) is 6.61 Å². The quantitative estimate of drug-likeness (QED) is 0.890. The highest BCUT2D eigenvalue weighted by Gasteiger charge is 2.14. The summed E-state index contributed by atoms with van der Waals surface area (Å²) in [7, 11) is 0. The molecule has 20 heavy (non-hydrogen) atoms. The second kappa shape index (κ2) is 6.58. The fourth-order valence-electron chi connectivity index (χ4n) is 2.27. The van der Waals surface area contributed by atoms with Crippen molar-refractivity contribution in [2.24, 2.45) is 0 Å². The van der Waals surface area contributed by atoms with Gasteiger partial charge in [0, 0.05) is 12.0 Å². The Bertz CT molecular complexity index is 558. The van der Waals surface area contributed by atoms with Crippen LogP contribution in [0.2, 0.25) is 0 Å². The topological polar surface area (TPSA) is 29.5 Å². The SMILES string of the molecule is CCOc1ccc(C)cc1C(O)Cc1ccc(C)cc1. The summed E-state index contributed by atoms with van der Waals surface area (Å²) >= 11 is 0. The van der Waals surface area contributed by atoms with Gasteiger partial charge in [0.15, 0.2) is 0 Å². The van der Waals surface area contributed by atoms with E-state index in [9.17, 15) is 5.11 Å². The number of aliphatic hydroxyl groups excluding tert-OH is 1. The van der Waals surface area contributed by atoms with Crippen molar-refractivity contribution in [1.82, 2.24) is 0 Å². The van der Waals surface area contributed by atoms with E-state index in [4.69, 9.17) is 4.74 Å². The first kappa shape index (κ1) is 14.6. The van der Waals surface area contributed by atoms with Gasteiger partial charge in [-0.3, -0.25) is 0 Å². The van der Waals surface area contributed by atoms with Crippen LogP contribution in [0.5, 0.6) is 5.75 Å². The molecule has 0 aliphatic heterocycles. The van der Waals surface area contributed by atoms with Crippen LogP contribution in [-0.2, 0) is 6.42 Å². The third-order valence-electron chi connectivity index (χ3n) is 3.37. The molecule has 0 saturated carbocycles. The van der Waals surface area contributed by atoms with Crippen molar-refractivity contribution in [1.29, 1.82) is 0 Å². The van der Waals surface area contributed by atoms with Crippen LogP contribution in [-0.4, -0.2) is 11.7 Å². The molecule has 0 heterocycles. The third-order valence-corrected chi connectivity index (χ3v) is 3.37. The maximum atomic E-state index is 10.5. The van der Waals surface area contributed by atoms with E-state index in [0.29, 0.717) is 13.0 Å². The molecule has 0 aliphatic carbocycles. The first-order chi connectivity index (χ1) is 9.60. The van der Waals surface area contributed by atoms with E-state index in [1.54, 1.807) is 0 Å². The van der Waals surface area contributed by atoms with E-state index < -0.39 is 6.10 Å². The minimum absolute atomic E-state index is 0.542. The molecule has 0 aromatic heterocycles. The summed E-state index contributed by atoms with van der Waals surface area (Å²) in [4.78, 5) is 0. The number of benzene rings is 2. The van der Waals surface area contributed by atoms with Crippen molar-refractivity contribution in [3.63, 3.8) is 0 Å². The lowest BCUT2D eigenvalue weighted by atomic mass is 9.98. The van der Waals surface area contributed by atoms with Gasteiger partial charge in [-0.05, 0) is 38.5 Å². The molecule has 106 valence electrons. The maximum Gasteiger partial charge on any atom is 0.125 e. The van der Waals surface area contributed by atoms with Crippen LogP contribution in [0.4, 0.5) is 0 Å². The second-order valence-electron chi connectivity index (χ2n) is 5.18. The van der Waals surface area contributed by atoms with Crippen molar-refractivity contribution < 1.29 is 9.84 Å². The Labute approximate surface area is 121 Å². The molecule has 0 aliphatic rings. The highest BCUT2D eigenvalue weighted by molar-refractivity contribution is 5.39. The van der Waals surface area contributed by atoms with E-state index >= 15 is 0 Å². The molecular weight excluding hydrogens is 248 g/mol.